The van der Waals surface area contributed by atoms with E-state index in [9.17, 15) is 24.0 Å². The highest BCUT2D eigenvalue weighted by Gasteiger charge is 2.37. The Balaban J connectivity index is 2.67. The molecule has 0 spiro atoms. The van der Waals surface area contributed by atoms with Crippen LogP contribution in [0.15, 0.2) is 0 Å². The van der Waals surface area contributed by atoms with Crippen molar-refractivity contribution in [3.63, 3.8) is 0 Å². The Bertz CT molecular complexity index is 630. The molecule has 0 radical (unpaired) electrons. The number of hydrogen-bond donors (Lipinski definition) is 6. The Morgan fingerprint density at radius 1 is 1.21 bits per heavy atom. The molecule has 0 aromatic carbocycles. The molecule has 1 aliphatic heterocycles. The number of aliphatic carboxylic acids is 2. The van der Waals surface area contributed by atoms with Crippen molar-refractivity contribution in [3.8, 4) is 0 Å². The minimum absolute atomic E-state index is 0.0723. The number of thiol groups is 1. The standard InChI is InChI=1S/C16H26N4O7S/c1-8(18-13(23)9(17)4-5-12(21)22)15(25)20-6-2-3-11(20)14(24)19-10(7-28)16(26)27/h8-11,28H,2-7,17H2,1H3,(H,18,23)(H,19,24)(H,21,22)(H,26,27). The smallest absolute Gasteiger partial charge is 0.327 e. The van der Waals surface area contributed by atoms with Gasteiger partial charge in [-0.25, -0.2) is 4.79 Å². The van der Waals surface area contributed by atoms with Crippen LogP contribution in [0, 0.1) is 0 Å². The Morgan fingerprint density at radius 2 is 1.86 bits per heavy atom. The van der Waals surface area contributed by atoms with Gasteiger partial charge < -0.3 is 31.5 Å². The molecule has 1 aliphatic rings. The summed E-state index contributed by atoms with van der Waals surface area (Å²) in [5.74, 6) is -4.17. The van der Waals surface area contributed by atoms with E-state index in [1.807, 2.05) is 0 Å². The van der Waals surface area contributed by atoms with Crippen LogP contribution in [0.2, 0.25) is 0 Å². The molecule has 4 atom stereocenters. The fourth-order valence-corrected chi connectivity index (χ4v) is 3.04. The maximum atomic E-state index is 12.6. The van der Waals surface area contributed by atoms with E-state index < -0.39 is 53.8 Å². The molecule has 0 aliphatic carbocycles. The van der Waals surface area contributed by atoms with E-state index >= 15 is 0 Å². The highest BCUT2D eigenvalue weighted by atomic mass is 32.1. The molecule has 1 heterocycles. The zero-order valence-corrected chi connectivity index (χ0v) is 16.4. The van der Waals surface area contributed by atoms with Crippen LogP contribution in [-0.2, 0) is 24.0 Å². The van der Waals surface area contributed by atoms with Gasteiger partial charge in [0, 0.05) is 18.7 Å². The maximum Gasteiger partial charge on any atom is 0.327 e. The summed E-state index contributed by atoms with van der Waals surface area (Å²) in [4.78, 5) is 59.9. The monoisotopic (exact) mass is 418 g/mol. The van der Waals surface area contributed by atoms with E-state index in [-0.39, 0.29) is 18.6 Å². The second-order valence-corrected chi connectivity index (χ2v) is 6.91. The van der Waals surface area contributed by atoms with Crippen LogP contribution in [-0.4, -0.2) is 81.2 Å². The average molecular weight is 418 g/mol. The minimum Gasteiger partial charge on any atom is -0.481 e. The third-order valence-electron chi connectivity index (χ3n) is 4.37. The van der Waals surface area contributed by atoms with Crippen LogP contribution in [0.1, 0.15) is 32.6 Å². The number of nitrogens with zero attached hydrogens (tertiary/aromatic N) is 1. The van der Waals surface area contributed by atoms with Crippen LogP contribution in [0.25, 0.3) is 0 Å². The number of carboxylic acid groups (broad SMARTS) is 2. The fraction of sp³-hybridized carbons (Fsp3) is 0.688. The second-order valence-electron chi connectivity index (χ2n) is 6.54. The SMILES string of the molecule is CC(NC(=O)C(N)CCC(=O)O)C(=O)N1CCCC1C(=O)NC(CS)C(=O)O. The topological polar surface area (TPSA) is 179 Å². The van der Waals surface area contributed by atoms with E-state index in [2.05, 4.69) is 23.3 Å². The number of hydrogen-bond acceptors (Lipinski definition) is 7. The summed E-state index contributed by atoms with van der Waals surface area (Å²) in [6, 6.07) is -4.06. The molecule has 6 N–H and O–H groups in total. The van der Waals surface area contributed by atoms with Gasteiger partial charge in [-0.05, 0) is 26.2 Å². The van der Waals surface area contributed by atoms with Crippen molar-refractivity contribution in [3.05, 3.63) is 0 Å². The van der Waals surface area contributed by atoms with E-state index in [0.29, 0.717) is 19.4 Å². The number of carbonyl (C=O) groups is 5. The molecular formula is C16H26N4O7S. The number of rotatable bonds is 10. The zero-order valence-electron chi connectivity index (χ0n) is 15.5. The molecule has 1 rings (SSSR count). The van der Waals surface area contributed by atoms with Crippen molar-refractivity contribution < 1.29 is 34.2 Å². The van der Waals surface area contributed by atoms with Crippen LogP contribution in [0.4, 0.5) is 0 Å². The summed E-state index contributed by atoms with van der Waals surface area (Å²) in [6.07, 6.45) is 0.578. The highest BCUT2D eigenvalue weighted by molar-refractivity contribution is 7.80. The molecule has 11 nitrogen and oxygen atoms in total. The maximum absolute atomic E-state index is 12.6. The van der Waals surface area contributed by atoms with Gasteiger partial charge in [0.05, 0.1) is 6.04 Å². The third kappa shape index (κ3) is 6.68. The summed E-state index contributed by atoms with van der Waals surface area (Å²) in [5, 5.41) is 22.4. The van der Waals surface area contributed by atoms with Gasteiger partial charge in [0.25, 0.3) is 0 Å². The Kier molecular flexibility index (Phi) is 9.19. The molecule has 3 amide bonds. The first kappa shape index (κ1) is 23.7. The lowest BCUT2D eigenvalue weighted by Gasteiger charge is -2.28. The van der Waals surface area contributed by atoms with E-state index in [4.69, 9.17) is 15.9 Å². The van der Waals surface area contributed by atoms with E-state index in [1.54, 1.807) is 0 Å². The first-order chi connectivity index (χ1) is 13.1. The van der Waals surface area contributed by atoms with Gasteiger partial charge in [-0.3, -0.25) is 19.2 Å². The van der Waals surface area contributed by atoms with Crippen LogP contribution >= 0.6 is 12.6 Å². The lowest BCUT2D eigenvalue weighted by Crippen LogP contribution is -2.56. The Morgan fingerprint density at radius 3 is 2.39 bits per heavy atom. The molecule has 28 heavy (non-hydrogen) atoms. The van der Waals surface area contributed by atoms with Gasteiger partial charge in [-0.1, -0.05) is 0 Å². The van der Waals surface area contributed by atoms with Crippen molar-refractivity contribution >= 4 is 42.3 Å². The molecule has 0 bridgehead atoms. The van der Waals surface area contributed by atoms with Crippen molar-refractivity contribution in [1.82, 2.24) is 15.5 Å². The first-order valence-electron chi connectivity index (χ1n) is 8.80. The number of carbonyl (C=O) groups excluding carboxylic acids is 3. The molecule has 4 unspecified atom stereocenters. The normalized spacial score (nSPS) is 19.4. The third-order valence-corrected chi connectivity index (χ3v) is 4.74. The highest BCUT2D eigenvalue weighted by Crippen LogP contribution is 2.19. The van der Waals surface area contributed by atoms with Crippen molar-refractivity contribution in [2.24, 2.45) is 5.73 Å². The summed E-state index contributed by atoms with van der Waals surface area (Å²) >= 11 is 3.88. The molecule has 12 heteroatoms. The van der Waals surface area contributed by atoms with Crippen molar-refractivity contribution in [1.29, 1.82) is 0 Å². The van der Waals surface area contributed by atoms with E-state index in [1.165, 1.54) is 11.8 Å². The molecule has 0 saturated carbocycles. The predicted molar refractivity (Wildman–Crippen MR) is 101 cm³/mol. The number of carboxylic acids is 2. The molecule has 0 aromatic heterocycles. The number of nitrogens with one attached hydrogen (secondary N) is 2. The molecular weight excluding hydrogens is 392 g/mol. The van der Waals surface area contributed by atoms with Gasteiger partial charge in [-0.2, -0.15) is 12.6 Å². The largest absolute Gasteiger partial charge is 0.481 e. The van der Waals surface area contributed by atoms with Gasteiger partial charge in [-0.15, -0.1) is 0 Å². The first-order valence-corrected chi connectivity index (χ1v) is 9.44. The minimum atomic E-state index is -1.23. The molecule has 0 aromatic rings. The van der Waals surface area contributed by atoms with Gasteiger partial charge >= 0.3 is 11.9 Å². The summed E-state index contributed by atoms with van der Waals surface area (Å²) in [7, 11) is 0. The Labute approximate surface area is 167 Å². The van der Waals surface area contributed by atoms with Gasteiger partial charge in [0.15, 0.2) is 0 Å². The van der Waals surface area contributed by atoms with Gasteiger partial charge in [0.1, 0.15) is 18.1 Å². The number of likely N-dealkylation sites (tertiary alicyclic amines) is 1. The fourth-order valence-electron chi connectivity index (χ4n) is 2.80. The van der Waals surface area contributed by atoms with Gasteiger partial charge in [0.2, 0.25) is 17.7 Å². The van der Waals surface area contributed by atoms with E-state index in [0.717, 1.165) is 0 Å². The predicted octanol–water partition coefficient (Wildman–Crippen LogP) is -1.83. The average Bonchev–Trinajstić information content (AvgIpc) is 3.12. The summed E-state index contributed by atoms with van der Waals surface area (Å²) in [6.45, 7) is 1.73. The summed E-state index contributed by atoms with van der Waals surface area (Å²) in [5.41, 5.74) is 5.61. The van der Waals surface area contributed by atoms with Crippen LogP contribution in [0.5, 0.6) is 0 Å². The summed E-state index contributed by atoms with van der Waals surface area (Å²) < 4.78 is 0. The quantitative estimate of drug-likeness (QED) is 0.224. The molecule has 1 fully saturated rings. The van der Waals surface area contributed by atoms with Crippen LogP contribution < -0.4 is 16.4 Å². The number of nitrogens with two attached hydrogens (primary N) is 1. The lowest BCUT2D eigenvalue weighted by molar-refractivity contribution is -0.144. The molecule has 1 saturated heterocycles. The van der Waals surface area contributed by atoms with Crippen molar-refractivity contribution in [2.75, 3.05) is 12.3 Å². The Hall–Kier alpha value is -2.34. The lowest BCUT2D eigenvalue weighted by atomic mass is 10.1. The van der Waals surface area contributed by atoms with Crippen LogP contribution in [0.3, 0.4) is 0 Å². The molecule has 158 valence electrons. The number of amides is 3. The van der Waals surface area contributed by atoms with Crippen molar-refractivity contribution in [2.45, 2.75) is 56.8 Å². The second kappa shape index (κ2) is 10.9. The zero-order chi connectivity index (χ0) is 21.4.